The van der Waals surface area contributed by atoms with Gasteiger partial charge in [-0.25, -0.2) is 0 Å². The predicted molar refractivity (Wildman–Crippen MR) is 60.5 cm³/mol. The molecule has 0 fully saturated rings. The average Bonchev–Trinajstić information content (AvgIpc) is 1.99. The third-order valence-electron chi connectivity index (χ3n) is 1.77. The molecule has 0 aliphatic carbocycles. The van der Waals surface area contributed by atoms with E-state index >= 15 is 0 Å². The van der Waals surface area contributed by atoms with Crippen LogP contribution in [0.4, 0.5) is 8.78 Å². The first-order valence-corrected chi connectivity index (χ1v) is 5.25. The minimum atomic E-state index is -2.92. The van der Waals surface area contributed by atoms with Crippen molar-refractivity contribution in [2.75, 3.05) is 0 Å². The van der Waals surface area contributed by atoms with Gasteiger partial charge >= 0.3 is 6.61 Å². The van der Waals surface area contributed by atoms with Crippen molar-refractivity contribution >= 4 is 28.4 Å². The lowest BCUT2D eigenvalue weighted by atomic mass is 10.1. The SMILES string of the molecule is CC(=O)c1c(I)cc(C)cc1OC(F)F. The fourth-order valence-corrected chi connectivity index (χ4v) is 2.38. The van der Waals surface area contributed by atoms with Gasteiger partial charge in [0.15, 0.2) is 5.78 Å². The van der Waals surface area contributed by atoms with Crippen LogP contribution in [-0.2, 0) is 0 Å². The molecule has 0 atom stereocenters. The molecule has 0 aromatic heterocycles. The van der Waals surface area contributed by atoms with E-state index in [4.69, 9.17) is 0 Å². The highest BCUT2D eigenvalue weighted by molar-refractivity contribution is 14.1. The molecule has 0 amide bonds. The van der Waals surface area contributed by atoms with Crippen molar-refractivity contribution in [2.45, 2.75) is 20.5 Å². The Morgan fingerprint density at radius 3 is 2.53 bits per heavy atom. The maximum Gasteiger partial charge on any atom is 0.387 e. The van der Waals surface area contributed by atoms with E-state index in [2.05, 4.69) is 4.74 Å². The number of alkyl halides is 2. The Balaban J connectivity index is 3.27. The summed E-state index contributed by atoms with van der Waals surface area (Å²) in [7, 11) is 0. The minimum Gasteiger partial charge on any atom is -0.434 e. The summed E-state index contributed by atoms with van der Waals surface area (Å²) in [6.45, 7) is 0.163. The number of halogens is 3. The lowest BCUT2D eigenvalue weighted by molar-refractivity contribution is -0.0502. The number of carbonyl (C=O) groups is 1. The zero-order valence-corrected chi connectivity index (χ0v) is 10.3. The maximum atomic E-state index is 12.1. The fraction of sp³-hybridized carbons (Fsp3) is 0.300. The summed E-state index contributed by atoms with van der Waals surface area (Å²) in [6, 6.07) is 3.18. The second-order valence-electron chi connectivity index (χ2n) is 3.05. The van der Waals surface area contributed by atoms with Crippen molar-refractivity contribution in [1.29, 1.82) is 0 Å². The number of rotatable bonds is 3. The molecule has 0 unspecified atom stereocenters. The van der Waals surface area contributed by atoms with Gasteiger partial charge in [-0.2, -0.15) is 8.78 Å². The molecule has 0 aliphatic heterocycles. The van der Waals surface area contributed by atoms with Crippen molar-refractivity contribution in [3.8, 4) is 5.75 Å². The highest BCUT2D eigenvalue weighted by atomic mass is 127. The molecular formula is C10H9F2IO2. The molecule has 0 bridgehead atoms. The van der Waals surface area contributed by atoms with Crippen LogP contribution in [0.25, 0.3) is 0 Å². The van der Waals surface area contributed by atoms with Gasteiger partial charge in [0.1, 0.15) is 5.75 Å². The Labute approximate surface area is 99.8 Å². The van der Waals surface area contributed by atoms with Gasteiger partial charge < -0.3 is 4.74 Å². The van der Waals surface area contributed by atoms with Crippen LogP contribution in [0.15, 0.2) is 12.1 Å². The third-order valence-corrected chi connectivity index (χ3v) is 2.62. The summed E-state index contributed by atoms with van der Waals surface area (Å²) < 4.78 is 29.1. The van der Waals surface area contributed by atoms with Gasteiger partial charge in [0, 0.05) is 3.57 Å². The summed E-state index contributed by atoms with van der Waals surface area (Å²) in [5.41, 5.74) is 0.988. The molecule has 0 N–H and O–H groups in total. The number of carbonyl (C=O) groups excluding carboxylic acids is 1. The number of ether oxygens (including phenoxy) is 1. The summed E-state index contributed by atoms with van der Waals surface area (Å²) >= 11 is 1.93. The van der Waals surface area contributed by atoms with Crippen LogP contribution in [0.1, 0.15) is 22.8 Å². The van der Waals surface area contributed by atoms with Gasteiger partial charge in [-0.05, 0) is 54.1 Å². The van der Waals surface area contributed by atoms with E-state index in [1.807, 2.05) is 22.6 Å². The minimum absolute atomic E-state index is 0.0538. The second kappa shape index (κ2) is 4.87. The van der Waals surface area contributed by atoms with Crippen molar-refractivity contribution < 1.29 is 18.3 Å². The van der Waals surface area contributed by atoms with E-state index in [-0.39, 0.29) is 17.1 Å². The number of aryl methyl sites for hydroxylation is 1. The van der Waals surface area contributed by atoms with Crippen LogP contribution in [-0.4, -0.2) is 12.4 Å². The highest BCUT2D eigenvalue weighted by Gasteiger charge is 2.16. The zero-order chi connectivity index (χ0) is 11.6. The van der Waals surface area contributed by atoms with Crippen molar-refractivity contribution in [1.82, 2.24) is 0 Å². The molecule has 1 aromatic carbocycles. The van der Waals surface area contributed by atoms with E-state index in [1.165, 1.54) is 13.0 Å². The van der Waals surface area contributed by atoms with Gasteiger partial charge in [0.05, 0.1) is 5.56 Å². The predicted octanol–water partition coefficient (Wildman–Crippen LogP) is 3.40. The summed E-state index contributed by atoms with van der Waals surface area (Å²) in [4.78, 5) is 11.3. The van der Waals surface area contributed by atoms with Gasteiger partial charge in [-0.3, -0.25) is 4.79 Å². The van der Waals surface area contributed by atoms with Crippen LogP contribution >= 0.6 is 22.6 Å². The molecule has 1 rings (SSSR count). The van der Waals surface area contributed by atoms with Crippen LogP contribution < -0.4 is 4.74 Å². The molecule has 82 valence electrons. The first-order valence-electron chi connectivity index (χ1n) is 4.17. The molecule has 5 heteroatoms. The van der Waals surface area contributed by atoms with Crippen molar-refractivity contribution in [3.05, 3.63) is 26.8 Å². The number of hydrogen-bond donors (Lipinski definition) is 0. The van der Waals surface area contributed by atoms with Gasteiger partial charge in [-0.15, -0.1) is 0 Å². The van der Waals surface area contributed by atoms with Crippen LogP contribution in [0, 0.1) is 10.5 Å². The van der Waals surface area contributed by atoms with E-state index in [0.29, 0.717) is 3.57 Å². The first kappa shape index (κ1) is 12.4. The summed E-state index contributed by atoms with van der Waals surface area (Å²) in [5, 5.41) is 0. The van der Waals surface area contributed by atoms with Crippen molar-refractivity contribution in [2.24, 2.45) is 0 Å². The molecule has 1 aromatic rings. The average molecular weight is 326 g/mol. The molecule has 0 saturated carbocycles. The van der Waals surface area contributed by atoms with Gasteiger partial charge in [0.25, 0.3) is 0 Å². The summed E-state index contributed by atoms with van der Waals surface area (Å²) in [5.74, 6) is -0.336. The smallest absolute Gasteiger partial charge is 0.387 e. The maximum absolute atomic E-state index is 12.1. The fourth-order valence-electron chi connectivity index (χ4n) is 1.24. The molecule has 15 heavy (non-hydrogen) atoms. The first-order chi connectivity index (χ1) is 6.91. The second-order valence-corrected chi connectivity index (χ2v) is 4.22. The van der Waals surface area contributed by atoms with Gasteiger partial charge in [-0.1, -0.05) is 0 Å². The Morgan fingerprint density at radius 2 is 2.07 bits per heavy atom. The molecule has 0 saturated heterocycles. The Bertz CT molecular complexity index is 391. The Morgan fingerprint density at radius 1 is 1.47 bits per heavy atom. The molecule has 0 aliphatic rings. The van der Waals surface area contributed by atoms with E-state index in [9.17, 15) is 13.6 Å². The molecule has 0 spiro atoms. The molecule has 0 radical (unpaired) electrons. The normalized spacial score (nSPS) is 10.5. The molecular weight excluding hydrogens is 317 g/mol. The standard InChI is InChI=1S/C10H9F2IO2/c1-5-3-7(13)9(6(2)14)8(4-5)15-10(11)12/h3-4,10H,1-2H3. The molecule has 2 nitrogen and oxygen atoms in total. The Hall–Kier alpha value is -0.720. The van der Waals surface area contributed by atoms with Crippen LogP contribution in [0.2, 0.25) is 0 Å². The lowest BCUT2D eigenvalue weighted by Gasteiger charge is -2.11. The van der Waals surface area contributed by atoms with Crippen molar-refractivity contribution in [3.63, 3.8) is 0 Å². The quantitative estimate of drug-likeness (QED) is 0.629. The zero-order valence-electron chi connectivity index (χ0n) is 8.18. The Kier molecular flexibility index (Phi) is 4.01. The monoisotopic (exact) mass is 326 g/mol. The third kappa shape index (κ3) is 3.12. The van der Waals surface area contributed by atoms with Crippen LogP contribution in [0.3, 0.4) is 0 Å². The van der Waals surface area contributed by atoms with E-state index in [1.54, 1.807) is 13.0 Å². The van der Waals surface area contributed by atoms with Gasteiger partial charge in [0.2, 0.25) is 0 Å². The topological polar surface area (TPSA) is 26.3 Å². The largest absolute Gasteiger partial charge is 0.434 e. The van der Waals surface area contributed by atoms with E-state index < -0.39 is 6.61 Å². The van der Waals surface area contributed by atoms with E-state index in [0.717, 1.165) is 5.56 Å². The number of ketones is 1. The number of benzene rings is 1. The van der Waals surface area contributed by atoms with Crippen LogP contribution in [0.5, 0.6) is 5.75 Å². The number of hydrogen-bond acceptors (Lipinski definition) is 2. The lowest BCUT2D eigenvalue weighted by Crippen LogP contribution is -2.08. The number of Topliss-reactive ketones (excluding diaryl/α,β-unsaturated/α-hetero) is 1. The highest BCUT2D eigenvalue weighted by Crippen LogP contribution is 2.27. The summed E-state index contributed by atoms with van der Waals surface area (Å²) in [6.07, 6.45) is 0. The molecule has 0 heterocycles.